The molecule has 1 heterocycles. The van der Waals surface area contributed by atoms with Gasteiger partial charge in [0.2, 0.25) is 10.0 Å². The first kappa shape index (κ1) is 13.0. The topological polar surface area (TPSA) is 66.4 Å². The smallest absolute Gasteiger partial charge is 0.250 e. The van der Waals surface area contributed by atoms with Crippen molar-refractivity contribution in [2.45, 2.75) is 36.5 Å². The minimum atomic E-state index is -3.38. The van der Waals surface area contributed by atoms with Gasteiger partial charge in [-0.05, 0) is 35.8 Å². The SMILES string of the molecule is O=S(=O)(NCC1CCCC1)c1cc(CO)cs1. The second-order valence-electron chi connectivity index (χ2n) is 4.43. The Morgan fingerprint density at radius 1 is 1.41 bits per heavy atom. The van der Waals surface area contributed by atoms with Gasteiger partial charge in [0.05, 0.1) is 6.61 Å². The van der Waals surface area contributed by atoms with Crippen LogP contribution in [0.25, 0.3) is 0 Å². The van der Waals surface area contributed by atoms with Gasteiger partial charge in [0.25, 0.3) is 0 Å². The standard InChI is InChI=1S/C11H17NO3S2/c13-7-10-5-11(16-8-10)17(14,15)12-6-9-3-1-2-4-9/h5,8-9,12-13H,1-4,6-7H2. The quantitative estimate of drug-likeness (QED) is 0.859. The van der Waals surface area contributed by atoms with Crippen molar-refractivity contribution in [3.8, 4) is 0 Å². The molecule has 17 heavy (non-hydrogen) atoms. The van der Waals surface area contributed by atoms with Gasteiger partial charge < -0.3 is 5.11 Å². The number of hydrogen-bond acceptors (Lipinski definition) is 4. The average molecular weight is 275 g/mol. The molecule has 96 valence electrons. The molecule has 4 nitrogen and oxygen atoms in total. The molecule has 0 unspecified atom stereocenters. The molecule has 1 aromatic heterocycles. The van der Waals surface area contributed by atoms with Crippen molar-refractivity contribution in [3.63, 3.8) is 0 Å². The predicted molar refractivity (Wildman–Crippen MR) is 67.4 cm³/mol. The number of sulfonamides is 1. The largest absolute Gasteiger partial charge is 0.392 e. The number of rotatable bonds is 5. The molecule has 2 N–H and O–H groups in total. The van der Waals surface area contributed by atoms with Crippen LogP contribution in [-0.4, -0.2) is 20.1 Å². The summed E-state index contributed by atoms with van der Waals surface area (Å²) in [7, 11) is -3.38. The van der Waals surface area contributed by atoms with Crippen LogP contribution in [0.15, 0.2) is 15.7 Å². The first-order valence-corrected chi connectivity index (χ1v) is 8.16. The van der Waals surface area contributed by atoms with E-state index in [4.69, 9.17) is 5.11 Å². The molecular formula is C11H17NO3S2. The zero-order chi connectivity index (χ0) is 12.3. The number of nitrogens with one attached hydrogen (secondary N) is 1. The highest BCUT2D eigenvalue weighted by molar-refractivity contribution is 7.91. The van der Waals surface area contributed by atoms with Crippen molar-refractivity contribution < 1.29 is 13.5 Å². The van der Waals surface area contributed by atoms with E-state index in [0.717, 1.165) is 24.2 Å². The van der Waals surface area contributed by atoms with Crippen LogP contribution < -0.4 is 4.72 Å². The second kappa shape index (κ2) is 5.48. The Labute approximate surface area is 106 Å². The maximum absolute atomic E-state index is 11.9. The molecule has 1 saturated carbocycles. The number of aliphatic hydroxyl groups is 1. The second-order valence-corrected chi connectivity index (χ2v) is 7.34. The van der Waals surface area contributed by atoms with Crippen LogP contribution in [0.3, 0.4) is 0 Å². The molecular weight excluding hydrogens is 258 g/mol. The minimum absolute atomic E-state index is 0.116. The third kappa shape index (κ3) is 3.28. The van der Waals surface area contributed by atoms with E-state index >= 15 is 0 Å². The van der Waals surface area contributed by atoms with Crippen molar-refractivity contribution in [2.75, 3.05) is 6.54 Å². The van der Waals surface area contributed by atoms with Crippen molar-refractivity contribution in [2.24, 2.45) is 5.92 Å². The van der Waals surface area contributed by atoms with Crippen LogP contribution in [0.5, 0.6) is 0 Å². The third-order valence-electron chi connectivity index (χ3n) is 3.11. The molecule has 1 aromatic rings. The zero-order valence-electron chi connectivity index (χ0n) is 9.55. The van der Waals surface area contributed by atoms with Crippen LogP contribution >= 0.6 is 11.3 Å². The van der Waals surface area contributed by atoms with Gasteiger partial charge in [-0.1, -0.05) is 12.8 Å². The van der Waals surface area contributed by atoms with E-state index < -0.39 is 10.0 Å². The Morgan fingerprint density at radius 2 is 2.12 bits per heavy atom. The zero-order valence-corrected chi connectivity index (χ0v) is 11.2. The minimum Gasteiger partial charge on any atom is -0.392 e. The van der Waals surface area contributed by atoms with Crippen molar-refractivity contribution in [1.82, 2.24) is 4.72 Å². The summed E-state index contributed by atoms with van der Waals surface area (Å²) >= 11 is 1.15. The molecule has 0 spiro atoms. The monoisotopic (exact) mass is 275 g/mol. The van der Waals surface area contributed by atoms with Gasteiger partial charge in [-0.25, -0.2) is 13.1 Å². The third-order valence-corrected chi connectivity index (χ3v) is 6.03. The number of thiophene rings is 1. The lowest BCUT2D eigenvalue weighted by Crippen LogP contribution is -2.27. The molecule has 0 radical (unpaired) electrons. The van der Waals surface area contributed by atoms with Gasteiger partial charge in [-0.3, -0.25) is 0 Å². The van der Waals surface area contributed by atoms with Crippen LogP contribution in [-0.2, 0) is 16.6 Å². The Balaban J connectivity index is 1.97. The van der Waals surface area contributed by atoms with Gasteiger partial charge >= 0.3 is 0 Å². The number of hydrogen-bond donors (Lipinski definition) is 2. The van der Waals surface area contributed by atoms with E-state index in [1.54, 1.807) is 5.38 Å². The van der Waals surface area contributed by atoms with Gasteiger partial charge in [0.15, 0.2) is 0 Å². The van der Waals surface area contributed by atoms with E-state index in [9.17, 15) is 8.42 Å². The van der Waals surface area contributed by atoms with Gasteiger partial charge in [-0.2, -0.15) is 0 Å². The first-order chi connectivity index (χ1) is 8.12. The van der Waals surface area contributed by atoms with E-state index in [0.29, 0.717) is 22.2 Å². The normalized spacial score (nSPS) is 17.7. The van der Waals surface area contributed by atoms with Crippen LogP contribution in [0.1, 0.15) is 31.2 Å². The lowest BCUT2D eigenvalue weighted by molar-refractivity contribution is 0.282. The highest BCUT2D eigenvalue weighted by atomic mass is 32.2. The maximum Gasteiger partial charge on any atom is 0.250 e. The lowest BCUT2D eigenvalue weighted by atomic mass is 10.1. The Kier molecular flexibility index (Phi) is 4.19. The molecule has 0 amide bonds. The summed E-state index contributed by atoms with van der Waals surface area (Å²) < 4.78 is 26.8. The Hall–Kier alpha value is -0.430. The molecule has 0 bridgehead atoms. The summed E-state index contributed by atoms with van der Waals surface area (Å²) in [6, 6.07) is 1.53. The van der Waals surface area contributed by atoms with Gasteiger partial charge in [0, 0.05) is 6.54 Å². The number of aliphatic hydroxyl groups excluding tert-OH is 1. The summed E-state index contributed by atoms with van der Waals surface area (Å²) in [4.78, 5) is 0. The summed E-state index contributed by atoms with van der Waals surface area (Å²) in [6.07, 6.45) is 4.66. The first-order valence-electron chi connectivity index (χ1n) is 5.80. The highest BCUT2D eigenvalue weighted by Crippen LogP contribution is 2.25. The summed E-state index contributed by atoms with van der Waals surface area (Å²) in [5.74, 6) is 0.488. The Morgan fingerprint density at radius 3 is 2.71 bits per heavy atom. The molecule has 1 aliphatic rings. The molecule has 1 aliphatic carbocycles. The van der Waals surface area contributed by atoms with Crippen LogP contribution in [0.4, 0.5) is 0 Å². The molecule has 6 heteroatoms. The molecule has 0 atom stereocenters. The fraction of sp³-hybridized carbons (Fsp3) is 0.636. The molecule has 0 aromatic carbocycles. The highest BCUT2D eigenvalue weighted by Gasteiger charge is 2.20. The molecule has 0 saturated heterocycles. The summed E-state index contributed by atoms with van der Waals surface area (Å²) in [5.41, 5.74) is 0.649. The predicted octanol–water partition coefficient (Wildman–Crippen LogP) is 1.71. The maximum atomic E-state index is 11.9. The van der Waals surface area contributed by atoms with E-state index in [1.807, 2.05) is 0 Å². The van der Waals surface area contributed by atoms with Gasteiger partial charge in [-0.15, -0.1) is 11.3 Å². The van der Waals surface area contributed by atoms with Crippen molar-refractivity contribution in [3.05, 3.63) is 17.0 Å². The molecule has 0 aliphatic heterocycles. The Bertz CT molecular complexity index is 461. The summed E-state index contributed by atoms with van der Waals surface area (Å²) in [6.45, 7) is 0.420. The van der Waals surface area contributed by atoms with E-state index in [1.165, 1.54) is 18.9 Å². The van der Waals surface area contributed by atoms with Gasteiger partial charge in [0.1, 0.15) is 4.21 Å². The fourth-order valence-corrected chi connectivity index (χ4v) is 4.45. The van der Waals surface area contributed by atoms with E-state index in [2.05, 4.69) is 4.72 Å². The van der Waals surface area contributed by atoms with Crippen molar-refractivity contribution in [1.29, 1.82) is 0 Å². The average Bonchev–Trinajstić information content (AvgIpc) is 2.98. The molecule has 2 rings (SSSR count). The summed E-state index contributed by atoms with van der Waals surface area (Å²) in [5, 5.41) is 10.6. The van der Waals surface area contributed by atoms with Crippen molar-refractivity contribution >= 4 is 21.4 Å². The van der Waals surface area contributed by atoms with Crippen LogP contribution in [0.2, 0.25) is 0 Å². The lowest BCUT2D eigenvalue weighted by Gasteiger charge is -2.09. The van der Waals surface area contributed by atoms with Crippen LogP contribution in [0, 0.1) is 5.92 Å². The fourth-order valence-electron chi connectivity index (χ4n) is 2.09. The van der Waals surface area contributed by atoms with E-state index in [-0.39, 0.29) is 6.61 Å². The molecule has 1 fully saturated rings.